The molecule has 0 bridgehead atoms. The van der Waals surface area contributed by atoms with E-state index in [2.05, 4.69) is 15.5 Å². The van der Waals surface area contributed by atoms with Crippen molar-refractivity contribution in [3.05, 3.63) is 40.9 Å². The SMILES string of the molecule is CC(C(=O)Nc1nnc(C(F)(F)F)s1)C(N)c1ccccc1.Cl. The smallest absolute Gasteiger partial charge is 0.323 e. The van der Waals surface area contributed by atoms with Crippen molar-refractivity contribution < 1.29 is 18.0 Å². The lowest BCUT2D eigenvalue weighted by atomic mass is 9.95. The maximum absolute atomic E-state index is 12.4. The minimum absolute atomic E-state index is 0. The largest absolute Gasteiger partial charge is 0.445 e. The van der Waals surface area contributed by atoms with E-state index < -0.39 is 29.1 Å². The third-order valence-electron chi connectivity index (χ3n) is 3.03. The lowest BCUT2D eigenvalue weighted by molar-refractivity contribution is -0.138. The first kappa shape index (κ1) is 19.3. The van der Waals surface area contributed by atoms with Crippen molar-refractivity contribution in [2.45, 2.75) is 19.1 Å². The summed E-state index contributed by atoms with van der Waals surface area (Å²) >= 11 is 0.273. The highest BCUT2D eigenvalue weighted by Gasteiger charge is 2.36. The van der Waals surface area contributed by atoms with Gasteiger partial charge in [0.2, 0.25) is 16.0 Å². The maximum atomic E-state index is 12.4. The molecule has 1 aromatic carbocycles. The Labute approximate surface area is 140 Å². The quantitative estimate of drug-likeness (QED) is 0.870. The van der Waals surface area contributed by atoms with Crippen LogP contribution in [0.15, 0.2) is 30.3 Å². The van der Waals surface area contributed by atoms with Crippen LogP contribution in [0.4, 0.5) is 18.3 Å². The fraction of sp³-hybridized carbons (Fsp3) is 0.308. The van der Waals surface area contributed by atoms with Gasteiger partial charge in [0.25, 0.3) is 0 Å². The first-order valence-corrected chi connectivity index (χ1v) is 7.13. The monoisotopic (exact) mass is 366 g/mol. The van der Waals surface area contributed by atoms with Gasteiger partial charge in [-0.15, -0.1) is 22.6 Å². The number of carbonyl (C=O) groups is 1. The summed E-state index contributed by atoms with van der Waals surface area (Å²) in [6, 6.07) is 8.39. The van der Waals surface area contributed by atoms with E-state index in [1.54, 1.807) is 31.2 Å². The molecule has 3 N–H and O–H groups in total. The molecule has 2 atom stereocenters. The number of aromatic nitrogens is 2. The van der Waals surface area contributed by atoms with Crippen molar-refractivity contribution in [2.24, 2.45) is 11.7 Å². The van der Waals surface area contributed by atoms with Crippen LogP contribution in [0.2, 0.25) is 0 Å². The van der Waals surface area contributed by atoms with Crippen molar-refractivity contribution in [2.75, 3.05) is 5.32 Å². The first-order chi connectivity index (χ1) is 10.3. The second kappa shape index (κ2) is 7.71. The van der Waals surface area contributed by atoms with Gasteiger partial charge in [-0.1, -0.05) is 48.6 Å². The average molecular weight is 367 g/mol. The fourth-order valence-electron chi connectivity index (χ4n) is 1.73. The zero-order valence-corrected chi connectivity index (χ0v) is 13.5. The predicted molar refractivity (Wildman–Crippen MR) is 83.3 cm³/mol. The van der Waals surface area contributed by atoms with Crippen LogP contribution in [-0.2, 0) is 11.0 Å². The second-order valence-corrected chi connectivity index (χ2v) is 5.60. The van der Waals surface area contributed by atoms with Crippen LogP contribution in [0.3, 0.4) is 0 Å². The van der Waals surface area contributed by atoms with E-state index in [1.165, 1.54) is 0 Å². The first-order valence-electron chi connectivity index (χ1n) is 6.31. The molecule has 1 amide bonds. The topological polar surface area (TPSA) is 80.9 Å². The Kier molecular flexibility index (Phi) is 6.48. The van der Waals surface area contributed by atoms with Gasteiger partial charge in [-0.05, 0) is 5.56 Å². The molecule has 0 aliphatic heterocycles. The van der Waals surface area contributed by atoms with E-state index in [1.807, 2.05) is 6.07 Å². The molecule has 10 heteroatoms. The number of nitrogens with two attached hydrogens (primary N) is 1. The van der Waals surface area contributed by atoms with E-state index in [9.17, 15) is 18.0 Å². The van der Waals surface area contributed by atoms with Gasteiger partial charge in [-0.3, -0.25) is 4.79 Å². The van der Waals surface area contributed by atoms with Crippen LogP contribution in [0.25, 0.3) is 0 Å². The molecule has 0 radical (unpaired) electrons. The number of hydrogen-bond donors (Lipinski definition) is 2. The molecule has 0 fully saturated rings. The number of benzene rings is 1. The van der Waals surface area contributed by atoms with Crippen LogP contribution in [0.5, 0.6) is 0 Å². The van der Waals surface area contributed by atoms with Crippen molar-refractivity contribution in [3.63, 3.8) is 0 Å². The lowest BCUT2D eigenvalue weighted by Crippen LogP contribution is -2.30. The number of halogens is 4. The summed E-state index contributed by atoms with van der Waals surface area (Å²) in [4.78, 5) is 12.1. The van der Waals surface area contributed by atoms with E-state index in [0.717, 1.165) is 5.56 Å². The minimum Gasteiger partial charge on any atom is -0.323 e. The molecule has 2 unspecified atom stereocenters. The molecule has 0 aliphatic rings. The van der Waals surface area contributed by atoms with Crippen molar-refractivity contribution in [1.82, 2.24) is 10.2 Å². The Balaban J connectivity index is 0.00000264. The molecule has 126 valence electrons. The fourth-order valence-corrected chi connectivity index (χ4v) is 2.35. The predicted octanol–water partition coefficient (Wildman–Crippen LogP) is 3.25. The lowest BCUT2D eigenvalue weighted by Gasteiger charge is -2.18. The number of nitrogens with zero attached hydrogens (tertiary/aromatic N) is 2. The zero-order valence-electron chi connectivity index (χ0n) is 11.9. The summed E-state index contributed by atoms with van der Waals surface area (Å²) in [5.74, 6) is -1.15. The molecule has 0 saturated carbocycles. The number of alkyl halides is 3. The summed E-state index contributed by atoms with van der Waals surface area (Å²) in [6.45, 7) is 1.60. The van der Waals surface area contributed by atoms with Gasteiger partial charge in [0.1, 0.15) is 0 Å². The van der Waals surface area contributed by atoms with Crippen LogP contribution >= 0.6 is 23.7 Å². The molecule has 2 aromatic rings. The van der Waals surface area contributed by atoms with Gasteiger partial charge < -0.3 is 11.1 Å². The van der Waals surface area contributed by atoms with E-state index in [0.29, 0.717) is 0 Å². The van der Waals surface area contributed by atoms with Crippen LogP contribution in [0.1, 0.15) is 23.5 Å². The van der Waals surface area contributed by atoms with Crippen molar-refractivity contribution in [1.29, 1.82) is 0 Å². The summed E-state index contributed by atoms with van der Waals surface area (Å²) < 4.78 is 37.3. The minimum atomic E-state index is -4.58. The van der Waals surface area contributed by atoms with Crippen LogP contribution < -0.4 is 11.1 Å². The Morgan fingerprint density at radius 2 is 1.87 bits per heavy atom. The molecule has 1 heterocycles. The molecule has 23 heavy (non-hydrogen) atoms. The van der Waals surface area contributed by atoms with E-state index in [4.69, 9.17) is 5.73 Å². The van der Waals surface area contributed by atoms with E-state index >= 15 is 0 Å². The zero-order chi connectivity index (χ0) is 16.3. The molecule has 0 spiro atoms. The number of rotatable bonds is 4. The van der Waals surface area contributed by atoms with Gasteiger partial charge in [-0.2, -0.15) is 13.2 Å². The second-order valence-electron chi connectivity index (χ2n) is 4.62. The standard InChI is InChI=1S/C13H13F3N4OS.ClH/c1-7(9(17)8-5-3-2-4-6-8)10(21)18-12-20-19-11(22-12)13(14,15)16;/h2-7,9H,17H2,1H3,(H,18,20,21);1H. The third kappa shape index (κ3) is 4.88. The molecular formula is C13H14ClF3N4OS. The molecular weight excluding hydrogens is 353 g/mol. The number of hydrogen-bond acceptors (Lipinski definition) is 5. The van der Waals surface area contributed by atoms with Crippen molar-refractivity contribution >= 4 is 34.8 Å². The molecule has 0 aliphatic carbocycles. The average Bonchev–Trinajstić information content (AvgIpc) is 2.95. The Morgan fingerprint density at radius 3 is 2.39 bits per heavy atom. The highest BCUT2D eigenvalue weighted by Crippen LogP contribution is 2.33. The Morgan fingerprint density at radius 1 is 1.26 bits per heavy atom. The summed E-state index contributed by atoms with van der Waals surface area (Å²) in [5.41, 5.74) is 6.76. The Bertz CT molecular complexity index is 650. The van der Waals surface area contributed by atoms with Crippen LogP contribution in [-0.4, -0.2) is 16.1 Å². The Hall–Kier alpha value is -1.71. The van der Waals surface area contributed by atoms with E-state index in [-0.39, 0.29) is 28.9 Å². The summed E-state index contributed by atoms with van der Waals surface area (Å²) in [5, 5.41) is 7.31. The van der Waals surface area contributed by atoms with Gasteiger partial charge >= 0.3 is 6.18 Å². The molecule has 2 rings (SSSR count). The molecule has 5 nitrogen and oxygen atoms in total. The number of amides is 1. The third-order valence-corrected chi connectivity index (χ3v) is 3.92. The molecule has 1 aromatic heterocycles. The normalized spacial score (nSPS) is 13.8. The van der Waals surface area contributed by atoms with Crippen LogP contribution in [0, 0.1) is 5.92 Å². The number of anilines is 1. The molecule has 0 saturated heterocycles. The van der Waals surface area contributed by atoms with Gasteiger partial charge in [0.05, 0.1) is 5.92 Å². The van der Waals surface area contributed by atoms with Crippen molar-refractivity contribution in [3.8, 4) is 0 Å². The maximum Gasteiger partial charge on any atom is 0.445 e. The highest BCUT2D eigenvalue weighted by molar-refractivity contribution is 7.15. The number of nitrogens with one attached hydrogen (secondary N) is 1. The number of carbonyl (C=O) groups excluding carboxylic acids is 1. The summed E-state index contributed by atoms with van der Waals surface area (Å²) in [6.07, 6.45) is -4.58. The van der Waals surface area contributed by atoms with Gasteiger partial charge in [0.15, 0.2) is 0 Å². The van der Waals surface area contributed by atoms with Gasteiger partial charge in [0, 0.05) is 6.04 Å². The van der Waals surface area contributed by atoms with Gasteiger partial charge in [-0.25, -0.2) is 0 Å². The highest BCUT2D eigenvalue weighted by atomic mass is 35.5. The summed E-state index contributed by atoms with van der Waals surface area (Å²) in [7, 11) is 0.